The van der Waals surface area contributed by atoms with Crippen molar-refractivity contribution in [2.75, 3.05) is 20.8 Å². The molecule has 0 amide bonds. The Bertz CT molecular complexity index is 962. The fourth-order valence-electron chi connectivity index (χ4n) is 5.06. The monoisotopic (exact) mass is 512 g/mol. The first kappa shape index (κ1) is 26.6. The summed E-state index contributed by atoms with van der Waals surface area (Å²) in [5, 5.41) is 51.0. The van der Waals surface area contributed by atoms with Crippen LogP contribution < -0.4 is 9.47 Å². The first-order valence-corrected chi connectivity index (χ1v) is 11.5. The van der Waals surface area contributed by atoms with Crippen LogP contribution in [0.5, 0.6) is 11.5 Å². The number of fused-ring (bicyclic) bond motifs is 1. The molecule has 12 heteroatoms. The Morgan fingerprint density at radius 3 is 2.47 bits per heavy atom. The van der Waals surface area contributed by atoms with Crippen LogP contribution >= 0.6 is 0 Å². The van der Waals surface area contributed by atoms with E-state index in [-0.39, 0.29) is 12.0 Å². The highest BCUT2D eigenvalue weighted by Gasteiger charge is 2.58. The lowest BCUT2D eigenvalue weighted by Gasteiger charge is -2.43. The van der Waals surface area contributed by atoms with Crippen LogP contribution in [-0.2, 0) is 18.9 Å². The molecule has 1 saturated heterocycles. The van der Waals surface area contributed by atoms with Crippen molar-refractivity contribution in [3.63, 3.8) is 0 Å². The van der Waals surface area contributed by atoms with Crippen molar-refractivity contribution < 1.29 is 58.7 Å². The average molecular weight is 513 g/mol. The van der Waals surface area contributed by atoms with E-state index in [1.807, 2.05) is 0 Å². The van der Waals surface area contributed by atoms with Gasteiger partial charge >= 0.3 is 5.97 Å². The van der Waals surface area contributed by atoms with E-state index in [0.29, 0.717) is 11.5 Å². The number of esters is 1. The molecule has 1 aromatic rings. The summed E-state index contributed by atoms with van der Waals surface area (Å²) in [6, 6.07) is 4.62. The van der Waals surface area contributed by atoms with E-state index in [4.69, 9.17) is 28.4 Å². The lowest BCUT2D eigenvalue weighted by atomic mass is 9.85. The summed E-state index contributed by atoms with van der Waals surface area (Å²) < 4.78 is 33.0. The van der Waals surface area contributed by atoms with Crippen LogP contribution in [0.4, 0.5) is 0 Å². The summed E-state index contributed by atoms with van der Waals surface area (Å²) in [6.45, 7) is 0.940. The normalized spacial score (nSPS) is 39.7. The fraction of sp³-hybridized carbons (Fsp3) is 0.625. The maximum atomic E-state index is 12.9. The molecule has 5 N–H and O–H groups in total. The highest BCUT2D eigenvalue weighted by molar-refractivity contribution is 5.90. The number of benzene rings is 1. The Balaban J connectivity index is 1.49. The van der Waals surface area contributed by atoms with Gasteiger partial charge in [-0.25, -0.2) is 4.79 Å². The third kappa shape index (κ3) is 4.90. The molecule has 0 radical (unpaired) electrons. The van der Waals surface area contributed by atoms with Crippen molar-refractivity contribution in [3.05, 3.63) is 36.1 Å². The molecule has 2 aliphatic heterocycles. The van der Waals surface area contributed by atoms with Crippen LogP contribution in [-0.4, -0.2) is 101 Å². The molecule has 0 bridgehead atoms. The molecule has 0 aromatic heterocycles. The first-order chi connectivity index (χ1) is 17.1. The minimum Gasteiger partial charge on any atom is -0.493 e. The van der Waals surface area contributed by atoms with Crippen LogP contribution in [0.3, 0.4) is 0 Å². The minimum atomic E-state index is -1.64. The predicted octanol–water partition coefficient (Wildman–Crippen LogP) is -0.697. The lowest BCUT2D eigenvalue weighted by molar-refractivity contribution is -0.346. The van der Waals surface area contributed by atoms with Crippen molar-refractivity contribution in [1.29, 1.82) is 0 Å². The SMILES string of the molecule is COc1ccc(C(=O)O[C@H]2C[C@@](C)(O)[C@H]3[C@H](O[C@@H]4O[C@@H](CO)[C@@H](O)[C@@H](O)[C@H]4O)OC=C[C@H]32)cc1OC. The zero-order chi connectivity index (χ0) is 26.2. The zero-order valence-electron chi connectivity index (χ0n) is 20.1. The Hall–Kier alpha value is -2.45. The molecule has 36 heavy (non-hydrogen) atoms. The van der Waals surface area contributed by atoms with Crippen molar-refractivity contribution in [2.45, 2.75) is 62.0 Å². The fourth-order valence-corrected chi connectivity index (χ4v) is 5.06. The standard InChI is InChI=1S/C24H32O12/c1-24(30)9-15(34-21(29)11-4-5-13(31-2)14(8-11)32-3)12-6-7-33-22(17(12)24)36-23-20(28)19(27)18(26)16(10-25)35-23/h4-8,12,15-20,22-23,25-28,30H,9-10H2,1-3H3/t12-,15-,16-,17+,18+,19+,20+,22-,23-,24+/m0/s1. The molecule has 0 unspecified atom stereocenters. The van der Waals surface area contributed by atoms with Gasteiger partial charge in [0.15, 0.2) is 17.8 Å². The number of carbonyl (C=O) groups is 1. The predicted molar refractivity (Wildman–Crippen MR) is 120 cm³/mol. The van der Waals surface area contributed by atoms with Gasteiger partial charge in [0.1, 0.15) is 30.5 Å². The van der Waals surface area contributed by atoms with Crippen molar-refractivity contribution in [2.24, 2.45) is 11.8 Å². The smallest absolute Gasteiger partial charge is 0.338 e. The molecule has 0 spiro atoms. The number of hydrogen-bond acceptors (Lipinski definition) is 12. The second-order valence-corrected chi connectivity index (χ2v) is 9.34. The van der Waals surface area contributed by atoms with Gasteiger partial charge in [0, 0.05) is 12.3 Å². The summed E-state index contributed by atoms with van der Waals surface area (Å²) in [7, 11) is 2.94. The quantitative estimate of drug-likeness (QED) is 0.291. The van der Waals surface area contributed by atoms with Gasteiger partial charge in [0.05, 0.1) is 44.2 Å². The van der Waals surface area contributed by atoms with Gasteiger partial charge in [0.25, 0.3) is 0 Å². The molecule has 1 aromatic carbocycles. The van der Waals surface area contributed by atoms with Crippen molar-refractivity contribution in [1.82, 2.24) is 0 Å². The summed E-state index contributed by atoms with van der Waals surface area (Å²) in [5.41, 5.74) is -1.17. The number of carbonyl (C=O) groups excluding carboxylic acids is 1. The molecular formula is C24H32O12. The number of aliphatic hydroxyl groups excluding tert-OH is 4. The summed E-state index contributed by atoms with van der Waals surface area (Å²) >= 11 is 0. The minimum absolute atomic E-state index is 0.0730. The molecule has 2 fully saturated rings. The zero-order valence-corrected chi connectivity index (χ0v) is 20.1. The third-order valence-corrected chi connectivity index (χ3v) is 6.98. The highest BCUT2D eigenvalue weighted by Crippen LogP contribution is 2.48. The van der Waals surface area contributed by atoms with Crippen LogP contribution in [0.2, 0.25) is 0 Å². The molecule has 3 aliphatic rings. The van der Waals surface area contributed by atoms with E-state index >= 15 is 0 Å². The first-order valence-electron chi connectivity index (χ1n) is 11.5. The number of aliphatic hydroxyl groups is 5. The highest BCUT2D eigenvalue weighted by atomic mass is 16.8. The second-order valence-electron chi connectivity index (χ2n) is 9.34. The molecule has 12 nitrogen and oxygen atoms in total. The number of rotatable bonds is 7. The number of methoxy groups -OCH3 is 2. The lowest BCUT2D eigenvalue weighted by Crippen LogP contribution is -2.60. The summed E-state index contributed by atoms with van der Waals surface area (Å²) in [6.07, 6.45) is -6.24. The Morgan fingerprint density at radius 1 is 1.08 bits per heavy atom. The molecule has 1 aliphatic carbocycles. The molecule has 1 saturated carbocycles. The maximum absolute atomic E-state index is 12.9. The Labute approximate surface area is 207 Å². The Kier molecular flexibility index (Phi) is 7.76. The van der Waals surface area contributed by atoms with Crippen LogP contribution in [0.15, 0.2) is 30.5 Å². The van der Waals surface area contributed by atoms with Crippen LogP contribution in [0, 0.1) is 11.8 Å². The van der Waals surface area contributed by atoms with Gasteiger partial charge in [-0.05, 0) is 31.2 Å². The largest absolute Gasteiger partial charge is 0.493 e. The van der Waals surface area contributed by atoms with Gasteiger partial charge in [0.2, 0.25) is 6.29 Å². The Morgan fingerprint density at radius 2 is 1.81 bits per heavy atom. The van der Waals surface area contributed by atoms with E-state index in [2.05, 4.69) is 0 Å². The van der Waals surface area contributed by atoms with Crippen molar-refractivity contribution >= 4 is 5.97 Å². The van der Waals surface area contributed by atoms with Crippen LogP contribution in [0.25, 0.3) is 0 Å². The van der Waals surface area contributed by atoms with Gasteiger partial charge in [-0.2, -0.15) is 0 Å². The van der Waals surface area contributed by atoms with Gasteiger partial charge < -0.3 is 54.0 Å². The second kappa shape index (κ2) is 10.5. The van der Waals surface area contributed by atoms with E-state index in [0.717, 1.165) is 0 Å². The molecule has 4 rings (SSSR count). The summed E-state index contributed by atoms with van der Waals surface area (Å²) in [5.74, 6) is -1.05. The molecule has 2 heterocycles. The van der Waals surface area contributed by atoms with Gasteiger partial charge in [-0.15, -0.1) is 0 Å². The molecule has 10 atom stereocenters. The van der Waals surface area contributed by atoms with E-state index in [1.165, 1.54) is 26.5 Å². The van der Waals surface area contributed by atoms with Crippen LogP contribution in [0.1, 0.15) is 23.7 Å². The van der Waals surface area contributed by atoms with E-state index < -0.39 is 73.1 Å². The van der Waals surface area contributed by atoms with Gasteiger partial charge in [-0.3, -0.25) is 0 Å². The van der Waals surface area contributed by atoms with Crippen molar-refractivity contribution in [3.8, 4) is 11.5 Å². The van der Waals surface area contributed by atoms with E-state index in [9.17, 15) is 30.3 Å². The molecule has 200 valence electrons. The average Bonchev–Trinajstić information content (AvgIpc) is 3.13. The summed E-state index contributed by atoms with van der Waals surface area (Å²) in [4.78, 5) is 12.9. The molecular weight excluding hydrogens is 480 g/mol. The maximum Gasteiger partial charge on any atom is 0.338 e. The number of ether oxygens (including phenoxy) is 6. The number of hydrogen-bond donors (Lipinski definition) is 5. The van der Waals surface area contributed by atoms with E-state index in [1.54, 1.807) is 25.1 Å². The topological polar surface area (TPSA) is 174 Å². The van der Waals surface area contributed by atoms with Gasteiger partial charge in [-0.1, -0.05) is 0 Å². The third-order valence-electron chi connectivity index (χ3n) is 6.98.